The summed E-state index contributed by atoms with van der Waals surface area (Å²) < 4.78 is 28.8. The summed E-state index contributed by atoms with van der Waals surface area (Å²) in [4.78, 5) is 0. The van der Waals surface area contributed by atoms with Gasteiger partial charge in [0.05, 0.1) is 0 Å². The number of aryl methyl sites for hydroxylation is 1. The molecule has 3 heteroatoms. The van der Waals surface area contributed by atoms with Gasteiger partial charge in [-0.05, 0) is 42.8 Å². The molecule has 0 saturated carbocycles. The van der Waals surface area contributed by atoms with Gasteiger partial charge in [0.2, 0.25) is 0 Å². The maximum absolute atomic E-state index is 13.4. The van der Waals surface area contributed by atoms with Gasteiger partial charge >= 0.3 is 0 Å². The molecule has 0 fully saturated rings. The van der Waals surface area contributed by atoms with E-state index in [-0.39, 0.29) is 11.6 Å². The van der Waals surface area contributed by atoms with Gasteiger partial charge < -0.3 is 4.57 Å². The highest BCUT2D eigenvalue weighted by atomic mass is 19.1. The third-order valence-electron chi connectivity index (χ3n) is 3.24. The van der Waals surface area contributed by atoms with Crippen molar-refractivity contribution >= 4 is 21.8 Å². The summed E-state index contributed by atoms with van der Waals surface area (Å²) in [5.41, 5.74) is 1.91. The van der Waals surface area contributed by atoms with Crippen LogP contribution in [0.25, 0.3) is 21.8 Å². The molecule has 0 amide bonds. The Morgan fingerprint density at radius 1 is 0.889 bits per heavy atom. The van der Waals surface area contributed by atoms with Crippen LogP contribution in [0.5, 0.6) is 0 Å². The third-order valence-corrected chi connectivity index (χ3v) is 3.24. The Morgan fingerprint density at radius 2 is 1.39 bits per heavy atom. The Labute approximate surface area is 104 Å². The summed E-state index contributed by atoms with van der Waals surface area (Å²) >= 11 is 0. The Balaban J connectivity index is 2.48. The molecular formula is C15H13F2N. The average molecular weight is 245 g/mol. The van der Waals surface area contributed by atoms with Gasteiger partial charge in [0.15, 0.2) is 0 Å². The molecule has 0 N–H and O–H groups in total. The molecule has 1 nitrogen and oxygen atoms in total. The molecule has 0 aliphatic carbocycles. The van der Waals surface area contributed by atoms with Crippen LogP contribution in [-0.4, -0.2) is 4.57 Å². The zero-order valence-electron chi connectivity index (χ0n) is 10.1. The van der Waals surface area contributed by atoms with Crippen LogP contribution in [0.4, 0.5) is 8.78 Å². The predicted octanol–water partition coefficient (Wildman–Crippen LogP) is 4.48. The molecule has 1 heterocycles. The molecule has 0 bridgehead atoms. The second kappa shape index (κ2) is 4.09. The fourth-order valence-electron chi connectivity index (χ4n) is 2.51. The van der Waals surface area contributed by atoms with E-state index < -0.39 is 0 Å². The van der Waals surface area contributed by atoms with Crippen molar-refractivity contribution in [3.05, 3.63) is 48.0 Å². The van der Waals surface area contributed by atoms with E-state index >= 15 is 0 Å². The molecule has 92 valence electrons. The van der Waals surface area contributed by atoms with Crippen molar-refractivity contribution in [2.45, 2.75) is 19.9 Å². The fraction of sp³-hybridized carbons (Fsp3) is 0.200. The number of rotatable bonds is 2. The van der Waals surface area contributed by atoms with E-state index in [2.05, 4.69) is 11.5 Å². The minimum atomic E-state index is -0.290. The molecule has 0 atom stereocenters. The van der Waals surface area contributed by atoms with Crippen LogP contribution in [0.2, 0.25) is 0 Å². The summed E-state index contributed by atoms with van der Waals surface area (Å²) in [7, 11) is 0. The molecule has 0 aliphatic heterocycles. The van der Waals surface area contributed by atoms with E-state index in [0.29, 0.717) is 0 Å². The molecule has 3 aromatic rings. The highest BCUT2D eigenvalue weighted by molar-refractivity contribution is 6.08. The first-order valence-corrected chi connectivity index (χ1v) is 6.07. The summed E-state index contributed by atoms with van der Waals surface area (Å²) in [5, 5.41) is 1.55. The lowest BCUT2D eigenvalue weighted by Gasteiger charge is -2.04. The third kappa shape index (κ3) is 1.58. The van der Waals surface area contributed by atoms with E-state index in [1.807, 2.05) is 0 Å². The monoisotopic (exact) mass is 245 g/mol. The fourth-order valence-corrected chi connectivity index (χ4v) is 2.51. The zero-order chi connectivity index (χ0) is 12.7. The molecule has 0 spiro atoms. The first-order chi connectivity index (χ1) is 8.70. The van der Waals surface area contributed by atoms with Gasteiger partial charge in [-0.1, -0.05) is 6.92 Å². The molecule has 3 rings (SSSR count). The van der Waals surface area contributed by atoms with Crippen molar-refractivity contribution in [3.8, 4) is 0 Å². The summed E-state index contributed by atoms with van der Waals surface area (Å²) in [6.07, 6.45) is 0.980. The average Bonchev–Trinajstić information content (AvgIpc) is 2.64. The molecular weight excluding hydrogens is 232 g/mol. The van der Waals surface area contributed by atoms with Gasteiger partial charge in [-0.2, -0.15) is 0 Å². The SMILES string of the molecule is CCCn1c2ccc(F)cc2c2cc(F)ccc21. The van der Waals surface area contributed by atoms with Crippen LogP contribution in [0.1, 0.15) is 13.3 Å². The van der Waals surface area contributed by atoms with E-state index in [1.165, 1.54) is 24.3 Å². The largest absolute Gasteiger partial charge is 0.340 e. The number of fused-ring (bicyclic) bond motifs is 3. The van der Waals surface area contributed by atoms with Crippen LogP contribution >= 0.6 is 0 Å². The maximum atomic E-state index is 13.4. The minimum Gasteiger partial charge on any atom is -0.340 e. The zero-order valence-corrected chi connectivity index (χ0v) is 10.1. The van der Waals surface area contributed by atoms with Crippen LogP contribution in [-0.2, 0) is 6.54 Å². The van der Waals surface area contributed by atoms with Gasteiger partial charge in [0, 0.05) is 28.4 Å². The molecule has 1 aromatic heterocycles. The maximum Gasteiger partial charge on any atom is 0.123 e. The summed E-state index contributed by atoms with van der Waals surface area (Å²) in [6.45, 7) is 2.93. The van der Waals surface area contributed by atoms with Crippen molar-refractivity contribution in [2.75, 3.05) is 0 Å². The van der Waals surface area contributed by atoms with Crippen molar-refractivity contribution in [2.24, 2.45) is 0 Å². The smallest absolute Gasteiger partial charge is 0.123 e. The quantitative estimate of drug-likeness (QED) is 0.627. The predicted molar refractivity (Wildman–Crippen MR) is 69.7 cm³/mol. The van der Waals surface area contributed by atoms with Crippen molar-refractivity contribution in [1.82, 2.24) is 4.57 Å². The van der Waals surface area contributed by atoms with E-state index in [4.69, 9.17) is 0 Å². The number of hydrogen-bond acceptors (Lipinski definition) is 0. The standard InChI is InChI=1S/C15H13F2N/c1-2-7-18-14-5-3-10(16)8-12(14)13-9-11(17)4-6-15(13)18/h3-6,8-9H,2,7H2,1H3. The second-order valence-electron chi connectivity index (χ2n) is 4.47. The lowest BCUT2D eigenvalue weighted by atomic mass is 10.1. The van der Waals surface area contributed by atoms with Crippen LogP contribution in [0, 0.1) is 11.6 Å². The number of hydrogen-bond donors (Lipinski definition) is 0. The number of nitrogens with zero attached hydrogens (tertiary/aromatic N) is 1. The van der Waals surface area contributed by atoms with E-state index in [0.717, 1.165) is 34.8 Å². The van der Waals surface area contributed by atoms with Crippen LogP contribution in [0.15, 0.2) is 36.4 Å². The van der Waals surface area contributed by atoms with Gasteiger partial charge in [0.25, 0.3) is 0 Å². The Kier molecular flexibility index (Phi) is 2.54. The lowest BCUT2D eigenvalue weighted by Crippen LogP contribution is -1.95. The van der Waals surface area contributed by atoms with Gasteiger partial charge in [-0.15, -0.1) is 0 Å². The Morgan fingerprint density at radius 3 is 1.83 bits per heavy atom. The van der Waals surface area contributed by atoms with Crippen molar-refractivity contribution in [3.63, 3.8) is 0 Å². The van der Waals surface area contributed by atoms with Crippen molar-refractivity contribution < 1.29 is 8.78 Å². The number of benzene rings is 2. The normalized spacial score (nSPS) is 11.5. The topological polar surface area (TPSA) is 4.93 Å². The van der Waals surface area contributed by atoms with Crippen LogP contribution < -0.4 is 0 Å². The second-order valence-corrected chi connectivity index (χ2v) is 4.47. The molecule has 18 heavy (non-hydrogen) atoms. The van der Waals surface area contributed by atoms with Gasteiger partial charge in [0.1, 0.15) is 11.6 Å². The molecule has 0 radical (unpaired) electrons. The first kappa shape index (κ1) is 11.2. The van der Waals surface area contributed by atoms with Crippen LogP contribution in [0.3, 0.4) is 0 Å². The van der Waals surface area contributed by atoms with E-state index in [9.17, 15) is 8.78 Å². The lowest BCUT2D eigenvalue weighted by molar-refractivity contribution is 0.628. The molecule has 0 saturated heterocycles. The highest BCUT2D eigenvalue weighted by Crippen LogP contribution is 2.30. The van der Waals surface area contributed by atoms with Crippen molar-refractivity contribution in [1.29, 1.82) is 0 Å². The molecule has 2 aromatic carbocycles. The Hall–Kier alpha value is -1.90. The molecule has 0 unspecified atom stereocenters. The highest BCUT2D eigenvalue weighted by Gasteiger charge is 2.11. The number of aromatic nitrogens is 1. The summed E-state index contributed by atoms with van der Waals surface area (Å²) in [6, 6.07) is 9.37. The minimum absolute atomic E-state index is 0.290. The Bertz CT molecular complexity index is 669. The first-order valence-electron chi connectivity index (χ1n) is 6.07. The number of halogens is 2. The van der Waals surface area contributed by atoms with Gasteiger partial charge in [-0.3, -0.25) is 0 Å². The van der Waals surface area contributed by atoms with E-state index in [1.54, 1.807) is 12.1 Å². The molecule has 0 aliphatic rings. The van der Waals surface area contributed by atoms with Gasteiger partial charge in [-0.25, -0.2) is 8.78 Å². The summed E-state index contributed by atoms with van der Waals surface area (Å²) in [5.74, 6) is -0.579.